The molecule has 0 spiro atoms. The zero-order valence-corrected chi connectivity index (χ0v) is 33.4. The second-order valence-corrected chi connectivity index (χ2v) is 15.3. The van der Waals surface area contributed by atoms with Crippen LogP contribution in [-0.4, -0.2) is 136 Å². The lowest BCUT2D eigenvalue weighted by atomic mass is 9.99. The van der Waals surface area contributed by atoms with Gasteiger partial charge in [0.1, 0.15) is 18.1 Å². The van der Waals surface area contributed by atoms with Gasteiger partial charge in [-0.1, -0.05) is 6.42 Å². The number of hydrogen-bond acceptors (Lipinski definition) is 13. The summed E-state index contributed by atoms with van der Waals surface area (Å²) < 4.78 is 0. The van der Waals surface area contributed by atoms with Gasteiger partial charge in [0.05, 0.1) is 37.5 Å². The molecule has 0 aliphatic carbocycles. The van der Waals surface area contributed by atoms with Crippen molar-refractivity contribution in [2.24, 2.45) is 17.4 Å². The van der Waals surface area contributed by atoms with Crippen LogP contribution in [0.3, 0.4) is 0 Å². The predicted molar refractivity (Wildman–Crippen MR) is 206 cm³/mol. The molecule has 1 unspecified atom stereocenters. The van der Waals surface area contributed by atoms with E-state index >= 15 is 0 Å². The molecule has 2 aliphatic heterocycles. The Hall–Kier alpha value is -5.72. The highest BCUT2D eigenvalue weighted by atomic mass is 32.2. The summed E-state index contributed by atoms with van der Waals surface area (Å²) in [5.41, 5.74) is 11.9. The Balaban J connectivity index is 1.70. The van der Waals surface area contributed by atoms with Gasteiger partial charge < -0.3 is 59.1 Å². The number of urea groups is 1. The third kappa shape index (κ3) is 19.1. The Bertz CT molecular complexity index is 1570. The SMILES string of the molecule is C[C@H](NC(=O)C(CC(=O)O)CC(=O)NO)C(=O)N[C@@H](CCC(N)=O)C(=O)NCC(=O)NCC(=O)N[C@@H](CCCCNC(=O)CCCC[C@@H]1SC[C@@H]2NC(=O)N[C@@H]21)C(N)=O. The first-order chi connectivity index (χ1) is 27.9. The predicted octanol–water partition coefficient (Wildman–Crippen LogP) is -4.56. The maximum atomic E-state index is 12.9. The highest BCUT2D eigenvalue weighted by Crippen LogP contribution is 2.33. The topological polar surface area (TPSA) is 389 Å². The van der Waals surface area contributed by atoms with Crippen LogP contribution in [0.4, 0.5) is 4.79 Å². The first-order valence-corrected chi connectivity index (χ1v) is 20.1. The summed E-state index contributed by atoms with van der Waals surface area (Å²) in [6.07, 6.45) is 1.70. The monoisotopic (exact) mass is 857 g/mol. The van der Waals surface area contributed by atoms with Crippen LogP contribution >= 0.6 is 11.8 Å². The number of carbonyl (C=O) groups excluding carboxylic acids is 10. The van der Waals surface area contributed by atoms with Gasteiger partial charge in [0.15, 0.2) is 0 Å². The number of nitrogens with one attached hydrogen (secondary N) is 9. The number of rotatable bonds is 28. The van der Waals surface area contributed by atoms with Gasteiger partial charge in [-0.15, -0.1) is 0 Å². The molecule has 330 valence electrons. The lowest BCUT2D eigenvalue weighted by Gasteiger charge is -2.22. The van der Waals surface area contributed by atoms with Gasteiger partial charge in [0, 0.05) is 36.8 Å². The van der Waals surface area contributed by atoms with E-state index in [1.807, 2.05) is 11.8 Å². The van der Waals surface area contributed by atoms with Crippen molar-refractivity contribution in [3.63, 3.8) is 0 Å². The largest absolute Gasteiger partial charge is 0.481 e. The van der Waals surface area contributed by atoms with Gasteiger partial charge in [0.2, 0.25) is 53.2 Å². The molecule has 2 heterocycles. The molecule has 0 aromatic rings. The van der Waals surface area contributed by atoms with Gasteiger partial charge >= 0.3 is 12.0 Å². The highest BCUT2D eigenvalue weighted by Gasteiger charge is 2.42. The minimum Gasteiger partial charge on any atom is -0.481 e. The fraction of sp³-hybridized carbons (Fsp3) is 0.676. The maximum Gasteiger partial charge on any atom is 0.315 e. The van der Waals surface area contributed by atoms with Crippen molar-refractivity contribution < 1.29 is 63.1 Å². The molecule has 11 amide bonds. The number of carboxylic acid groups (broad SMARTS) is 1. The summed E-state index contributed by atoms with van der Waals surface area (Å²) >= 11 is 1.82. The normalized spacial score (nSPS) is 18.5. The molecule has 2 rings (SSSR count). The smallest absolute Gasteiger partial charge is 0.315 e. The number of unbranched alkanes of at least 4 members (excludes halogenated alkanes) is 2. The number of thioether (sulfide) groups is 1. The van der Waals surface area contributed by atoms with Crippen molar-refractivity contribution in [2.45, 2.75) is 113 Å². The Kier molecular flexibility index (Phi) is 21.4. The van der Waals surface area contributed by atoms with E-state index in [2.05, 4.69) is 42.5 Å². The number of nitrogens with two attached hydrogens (primary N) is 2. The van der Waals surface area contributed by atoms with E-state index in [9.17, 15) is 52.7 Å². The lowest BCUT2D eigenvalue weighted by Crippen LogP contribution is -2.54. The highest BCUT2D eigenvalue weighted by molar-refractivity contribution is 8.00. The molecule has 2 aliphatic rings. The van der Waals surface area contributed by atoms with Crippen LogP contribution < -0.4 is 59.5 Å². The summed E-state index contributed by atoms with van der Waals surface area (Å²) in [5, 5.41) is 38.1. The van der Waals surface area contributed by atoms with Crippen LogP contribution in [-0.2, 0) is 47.9 Å². The van der Waals surface area contributed by atoms with Crippen LogP contribution in [0.1, 0.15) is 77.6 Å². The summed E-state index contributed by atoms with van der Waals surface area (Å²) in [6, 6.07) is -3.75. The second kappa shape index (κ2) is 25.6. The minimum absolute atomic E-state index is 0.107. The molecule has 15 N–H and O–H groups in total. The summed E-state index contributed by atoms with van der Waals surface area (Å²) in [6.45, 7) is 0.260. The van der Waals surface area contributed by atoms with Crippen LogP contribution in [0.25, 0.3) is 0 Å². The van der Waals surface area contributed by atoms with Crippen molar-refractivity contribution in [3.05, 3.63) is 0 Å². The van der Waals surface area contributed by atoms with Gasteiger partial charge in [-0.05, 0) is 45.4 Å². The van der Waals surface area contributed by atoms with Gasteiger partial charge in [-0.25, -0.2) is 10.3 Å². The molecular formula is C34H55N11O13S. The molecule has 7 atom stereocenters. The Morgan fingerprint density at radius 1 is 0.746 bits per heavy atom. The summed E-state index contributed by atoms with van der Waals surface area (Å²) in [7, 11) is 0. The van der Waals surface area contributed by atoms with Crippen LogP contribution in [0.2, 0.25) is 0 Å². The molecule has 24 nitrogen and oxygen atoms in total. The van der Waals surface area contributed by atoms with Crippen LogP contribution in [0.15, 0.2) is 0 Å². The van der Waals surface area contributed by atoms with E-state index < -0.39 is 103 Å². The van der Waals surface area contributed by atoms with E-state index in [1.54, 1.807) is 0 Å². The van der Waals surface area contributed by atoms with Gasteiger partial charge in [0.25, 0.3) is 0 Å². The van der Waals surface area contributed by atoms with E-state index in [0.29, 0.717) is 37.5 Å². The van der Waals surface area contributed by atoms with E-state index in [-0.39, 0.29) is 43.3 Å². The lowest BCUT2D eigenvalue weighted by molar-refractivity contribution is -0.143. The number of hydroxylamine groups is 1. The zero-order chi connectivity index (χ0) is 44.1. The quantitative estimate of drug-likeness (QED) is 0.0153. The number of fused-ring (bicyclic) bond motifs is 1. The third-order valence-corrected chi connectivity index (χ3v) is 10.8. The van der Waals surface area contributed by atoms with Crippen LogP contribution in [0, 0.1) is 5.92 Å². The second-order valence-electron chi connectivity index (χ2n) is 14.1. The van der Waals surface area contributed by atoms with E-state index in [0.717, 1.165) is 18.6 Å². The first kappa shape index (κ1) is 49.4. The first-order valence-electron chi connectivity index (χ1n) is 19.0. The van der Waals surface area contributed by atoms with Crippen LogP contribution in [0.5, 0.6) is 0 Å². The fourth-order valence-corrected chi connectivity index (χ4v) is 7.66. The third-order valence-electron chi connectivity index (χ3n) is 9.28. The standard InChI is InChI=1S/C34H55N11O13S/c1-17(40-32(55)18(13-28(51)52)12-25(48)45-58)31(54)42-20(9-10-23(35)46)33(56)39-14-26(49)38-15-27(50)41-19(30(36)53)6-4-5-11-37-24(47)8-3-2-7-22-29-21(16-59-22)43-34(57)44-29/h17-22,29,58H,2-16H2,1H3,(H2,35,46)(H2,36,53)(H,37,47)(H,38,49)(H,39,56)(H,40,55)(H,41,50)(H,42,54)(H,45,48)(H,51,52)(H2,43,44,57)/t17-,18?,19-,20-,21-,22-,29-/m0/s1. The summed E-state index contributed by atoms with van der Waals surface area (Å²) in [5.74, 6) is -9.33. The average molecular weight is 858 g/mol. The number of amides is 11. The summed E-state index contributed by atoms with van der Waals surface area (Å²) in [4.78, 5) is 133. The molecule has 0 radical (unpaired) electrons. The van der Waals surface area contributed by atoms with Crippen molar-refractivity contribution in [2.75, 3.05) is 25.4 Å². The Labute approximate surface area is 343 Å². The fourth-order valence-electron chi connectivity index (χ4n) is 6.11. The molecule has 0 saturated carbocycles. The van der Waals surface area contributed by atoms with Crippen molar-refractivity contribution in [1.82, 2.24) is 48.0 Å². The average Bonchev–Trinajstić information content (AvgIpc) is 3.73. The Morgan fingerprint density at radius 2 is 1.46 bits per heavy atom. The van der Waals surface area contributed by atoms with E-state index in [1.165, 1.54) is 12.4 Å². The number of carboxylic acids is 1. The molecule has 2 saturated heterocycles. The molecule has 0 aromatic carbocycles. The van der Waals surface area contributed by atoms with Crippen molar-refractivity contribution in [3.8, 4) is 0 Å². The molecule has 25 heteroatoms. The number of aliphatic carboxylic acids is 1. The van der Waals surface area contributed by atoms with Gasteiger partial charge in [-0.2, -0.15) is 11.8 Å². The van der Waals surface area contributed by atoms with E-state index in [4.69, 9.17) is 21.8 Å². The molecular weight excluding hydrogens is 803 g/mol. The number of carbonyl (C=O) groups is 11. The minimum atomic E-state index is -1.46. The number of hydrogen-bond donors (Lipinski definition) is 13. The maximum absolute atomic E-state index is 12.9. The molecule has 59 heavy (non-hydrogen) atoms. The van der Waals surface area contributed by atoms with Crippen molar-refractivity contribution >= 4 is 76.9 Å². The molecule has 0 bridgehead atoms. The number of primary amides is 2. The Morgan fingerprint density at radius 3 is 2.12 bits per heavy atom. The van der Waals surface area contributed by atoms with Crippen molar-refractivity contribution in [1.29, 1.82) is 0 Å². The van der Waals surface area contributed by atoms with Gasteiger partial charge in [-0.3, -0.25) is 53.2 Å². The molecule has 0 aromatic heterocycles. The molecule has 2 fully saturated rings. The zero-order valence-electron chi connectivity index (χ0n) is 32.6.